The van der Waals surface area contributed by atoms with E-state index in [9.17, 15) is 0 Å². The molecule has 2 atom stereocenters. The maximum atomic E-state index is 8.64. The van der Waals surface area contributed by atoms with Crippen molar-refractivity contribution in [2.45, 2.75) is 25.0 Å². The number of morpholine rings is 1. The molecule has 0 spiro atoms. The standard InChI is InChI=1S/C8H15NO2/c10-3-1-2-9-5-8-4-7(9)6-11-8/h7-8,10H,1-6H2. The first-order valence-corrected chi connectivity index (χ1v) is 4.36. The molecule has 0 aromatic heterocycles. The molecule has 2 heterocycles. The summed E-state index contributed by atoms with van der Waals surface area (Å²) in [7, 11) is 0. The molecule has 1 N–H and O–H groups in total. The van der Waals surface area contributed by atoms with E-state index in [1.807, 2.05) is 0 Å². The molecule has 2 rings (SSSR count). The first-order chi connectivity index (χ1) is 5.40. The van der Waals surface area contributed by atoms with Gasteiger partial charge in [0.25, 0.3) is 0 Å². The fourth-order valence-electron chi connectivity index (χ4n) is 2.03. The third-order valence-corrected chi connectivity index (χ3v) is 2.62. The van der Waals surface area contributed by atoms with Crippen LogP contribution in [-0.4, -0.2) is 48.5 Å². The van der Waals surface area contributed by atoms with Gasteiger partial charge in [-0.05, 0) is 12.8 Å². The van der Waals surface area contributed by atoms with Gasteiger partial charge in [0.05, 0.1) is 12.7 Å². The molecule has 2 aliphatic rings. The third kappa shape index (κ3) is 1.41. The first-order valence-electron chi connectivity index (χ1n) is 4.36. The number of hydrogen-bond donors (Lipinski definition) is 1. The van der Waals surface area contributed by atoms with Crippen LogP contribution in [0.25, 0.3) is 0 Å². The quantitative estimate of drug-likeness (QED) is 0.618. The zero-order valence-electron chi connectivity index (χ0n) is 6.70. The summed E-state index contributed by atoms with van der Waals surface area (Å²) in [6.07, 6.45) is 2.62. The van der Waals surface area contributed by atoms with Gasteiger partial charge in [-0.15, -0.1) is 0 Å². The Hall–Kier alpha value is -0.120. The zero-order chi connectivity index (χ0) is 7.68. The van der Waals surface area contributed by atoms with Crippen molar-refractivity contribution in [3.63, 3.8) is 0 Å². The summed E-state index contributed by atoms with van der Waals surface area (Å²) in [5, 5.41) is 8.64. The molecule has 0 aromatic rings. The molecule has 3 nitrogen and oxygen atoms in total. The molecule has 0 aliphatic carbocycles. The van der Waals surface area contributed by atoms with Crippen LogP contribution < -0.4 is 0 Å². The van der Waals surface area contributed by atoms with Crippen LogP contribution in [0.1, 0.15) is 12.8 Å². The zero-order valence-corrected chi connectivity index (χ0v) is 6.70. The van der Waals surface area contributed by atoms with Crippen LogP contribution in [0.4, 0.5) is 0 Å². The maximum Gasteiger partial charge on any atom is 0.0718 e. The van der Waals surface area contributed by atoms with Crippen molar-refractivity contribution in [2.24, 2.45) is 0 Å². The molecule has 0 saturated carbocycles. The molecule has 2 fully saturated rings. The molecule has 2 saturated heterocycles. The van der Waals surface area contributed by atoms with E-state index < -0.39 is 0 Å². The molecule has 11 heavy (non-hydrogen) atoms. The minimum Gasteiger partial charge on any atom is -0.396 e. The number of nitrogens with zero attached hydrogens (tertiary/aromatic N) is 1. The summed E-state index contributed by atoms with van der Waals surface area (Å²) >= 11 is 0. The lowest BCUT2D eigenvalue weighted by Crippen LogP contribution is -2.37. The van der Waals surface area contributed by atoms with Crippen LogP contribution >= 0.6 is 0 Å². The second kappa shape index (κ2) is 3.09. The van der Waals surface area contributed by atoms with E-state index in [2.05, 4.69) is 4.90 Å². The summed E-state index contributed by atoms with van der Waals surface area (Å²) < 4.78 is 5.46. The van der Waals surface area contributed by atoms with Crippen molar-refractivity contribution < 1.29 is 9.84 Å². The van der Waals surface area contributed by atoms with E-state index in [1.54, 1.807) is 0 Å². The van der Waals surface area contributed by atoms with Crippen molar-refractivity contribution in [1.82, 2.24) is 4.90 Å². The Labute approximate surface area is 66.9 Å². The van der Waals surface area contributed by atoms with Gasteiger partial charge in [0, 0.05) is 25.7 Å². The number of hydrogen-bond acceptors (Lipinski definition) is 3. The van der Waals surface area contributed by atoms with E-state index in [0.29, 0.717) is 18.8 Å². The predicted molar refractivity (Wildman–Crippen MR) is 41.4 cm³/mol. The Balaban J connectivity index is 1.78. The topological polar surface area (TPSA) is 32.7 Å². The fraction of sp³-hybridized carbons (Fsp3) is 1.00. The molecular weight excluding hydrogens is 142 g/mol. The Morgan fingerprint density at radius 2 is 2.45 bits per heavy atom. The third-order valence-electron chi connectivity index (χ3n) is 2.62. The first kappa shape index (κ1) is 7.53. The maximum absolute atomic E-state index is 8.64. The fourth-order valence-corrected chi connectivity index (χ4v) is 2.03. The van der Waals surface area contributed by atoms with Crippen molar-refractivity contribution in [3.8, 4) is 0 Å². The lowest BCUT2D eigenvalue weighted by molar-refractivity contribution is 0.0284. The van der Waals surface area contributed by atoms with Gasteiger partial charge in [-0.1, -0.05) is 0 Å². The van der Waals surface area contributed by atoms with Gasteiger partial charge in [-0.3, -0.25) is 4.90 Å². The summed E-state index contributed by atoms with van der Waals surface area (Å²) in [5.41, 5.74) is 0. The highest BCUT2D eigenvalue weighted by atomic mass is 16.5. The van der Waals surface area contributed by atoms with Gasteiger partial charge in [0.2, 0.25) is 0 Å². The highest BCUT2D eigenvalue weighted by Gasteiger charge is 2.38. The average Bonchev–Trinajstić information content (AvgIpc) is 2.60. The lowest BCUT2D eigenvalue weighted by atomic mass is 10.2. The van der Waals surface area contributed by atoms with Crippen molar-refractivity contribution in [2.75, 3.05) is 26.3 Å². The number of likely N-dealkylation sites (tertiary alicyclic amines) is 1. The SMILES string of the molecule is OCCCN1CC2CC1CO2. The summed E-state index contributed by atoms with van der Waals surface area (Å²) in [5.74, 6) is 0. The van der Waals surface area contributed by atoms with E-state index in [-0.39, 0.29) is 0 Å². The molecule has 0 aromatic carbocycles. The molecule has 0 amide bonds. The Morgan fingerprint density at radius 3 is 3.00 bits per heavy atom. The van der Waals surface area contributed by atoms with E-state index in [4.69, 9.17) is 9.84 Å². The highest BCUT2D eigenvalue weighted by molar-refractivity contribution is 4.91. The van der Waals surface area contributed by atoms with E-state index >= 15 is 0 Å². The molecular formula is C8H15NO2. The van der Waals surface area contributed by atoms with Crippen LogP contribution in [0.5, 0.6) is 0 Å². The highest BCUT2D eigenvalue weighted by Crippen LogP contribution is 2.27. The van der Waals surface area contributed by atoms with Crippen LogP contribution in [0.3, 0.4) is 0 Å². The minimum atomic E-state index is 0.314. The second-order valence-corrected chi connectivity index (χ2v) is 3.42. The summed E-state index contributed by atoms with van der Waals surface area (Å²) in [6.45, 7) is 3.36. The number of fused-ring (bicyclic) bond motifs is 2. The van der Waals surface area contributed by atoms with Gasteiger partial charge in [0.15, 0.2) is 0 Å². The van der Waals surface area contributed by atoms with Crippen LogP contribution in [-0.2, 0) is 4.74 Å². The van der Waals surface area contributed by atoms with Crippen LogP contribution in [0.2, 0.25) is 0 Å². The number of rotatable bonds is 3. The molecule has 2 bridgehead atoms. The monoisotopic (exact) mass is 157 g/mol. The molecule has 2 aliphatic heterocycles. The molecule has 0 radical (unpaired) electrons. The summed E-state index contributed by atoms with van der Waals surface area (Å²) in [4.78, 5) is 2.43. The number of ether oxygens (including phenoxy) is 1. The average molecular weight is 157 g/mol. The van der Waals surface area contributed by atoms with Gasteiger partial charge < -0.3 is 9.84 Å². The van der Waals surface area contributed by atoms with Crippen molar-refractivity contribution >= 4 is 0 Å². The van der Waals surface area contributed by atoms with Crippen LogP contribution in [0, 0.1) is 0 Å². The Kier molecular flexibility index (Phi) is 2.11. The second-order valence-electron chi connectivity index (χ2n) is 3.42. The molecule has 3 heteroatoms. The van der Waals surface area contributed by atoms with Crippen LogP contribution in [0.15, 0.2) is 0 Å². The Morgan fingerprint density at radius 1 is 1.55 bits per heavy atom. The number of aliphatic hydroxyl groups excluding tert-OH is 1. The molecule has 64 valence electrons. The van der Waals surface area contributed by atoms with E-state index in [0.717, 1.165) is 26.1 Å². The lowest BCUT2D eigenvalue weighted by Gasteiger charge is -2.25. The van der Waals surface area contributed by atoms with Gasteiger partial charge >= 0.3 is 0 Å². The van der Waals surface area contributed by atoms with Gasteiger partial charge in [0.1, 0.15) is 0 Å². The van der Waals surface area contributed by atoms with Crippen molar-refractivity contribution in [3.05, 3.63) is 0 Å². The number of aliphatic hydroxyl groups is 1. The minimum absolute atomic E-state index is 0.314. The van der Waals surface area contributed by atoms with Gasteiger partial charge in [-0.2, -0.15) is 0 Å². The predicted octanol–water partition coefficient (Wildman–Crippen LogP) is -0.158. The summed E-state index contributed by atoms with van der Waals surface area (Å²) in [6, 6.07) is 0.659. The Bertz CT molecular complexity index is 140. The van der Waals surface area contributed by atoms with Gasteiger partial charge in [-0.25, -0.2) is 0 Å². The normalized spacial score (nSPS) is 36.8. The largest absolute Gasteiger partial charge is 0.396 e. The van der Waals surface area contributed by atoms with Crippen molar-refractivity contribution in [1.29, 1.82) is 0 Å². The van der Waals surface area contributed by atoms with E-state index in [1.165, 1.54) is 6.42 Å². The smallest absolute Gasteiger partial charge is 0.0718 e. The molecule has 2 unspecified atom stereocenters.